The van der Waals surface area contributed by atoms with Gasteiger partial charge in [0.05, 0.1) is 6.04 Å². The van der Waals surface area contributed by atoms with Crippen molar-refractivity contribution < 1.29 is 19.5 Å². The van der Waals surface area contributed by atoms with Gasteiger partial charge in [-0.1, -0.05) is 0 Å². The van der Waals surface area contributed by atoms with Gasteiger partial charge in [-0.05, 0) is 12.8 Å². The molecule has 1 unspecified atom stereocenters. The molecule has 2 fully saturated rings. The van der Waals surface area contributed by atoms with E-state index in [9.17, 15) is 9.59 Å². The molecule has 1 atom stereocenters. The van der Waals surface area contributed by atoms with Gasteiger partial charge in [0.25, 0.3) is 0 Å². The van der Waals surface area contributed by atoms with Crippen LogP contribution in [0.1, 0.15) is 12.8 Å². The molecule has 0 aromatic heterocycles. The van der Waals surface area contributed by atoms with Crippen molar-refractivity contribution in [1.82, 2.24) is 9.96 Å². The minimum atomic E-state index is -1.06. The Labute approximate surface area is 81.0 Å². The van der Waals surface area contributed by atoms with E-state index in [-0.39, 0.29) is 12.1 Å². The van der Waals surface area contributed by atoms with E-state index in [0.29, 0.717) is 6.54 Å². The maximum atomic E-state index is 11.5. The highest BCUT2D eigenvalue weighted by Crippen LogP contribution is 2.25. The molecular formula is C8H12N2O4. The zero-order valence-corrected chi connectivity index (χ0v) is 7.68. The predicted octanol–water partition coefficient (Wildman–Crippen LogP) is -0.0974. The van der Waals surface area contributed by atoms with Crippen LogP contribution in [0, 0.1) is 0 Å². The Bertz CT molecular complexity index is 268. The molecular weight excluding hydrogens is 188 g/mol. The molecule has 0 aromatic rings. The number of rotatable bonds is 3. The molecule has 2 saturated heterocycles. The lowest BCUT2D eigenvalue weighted by Gasteiger charge is -2.21. The van der Waals surface area contributed by atoms with Gasteiger partial charge in [0.2, 0.25) is 0 Å². The Morgan fingerprint density at radius 2 is 2.43 bits per heavy atom. The predicted molar refractivity (Wildman–Crippen MR) is 45.4 cm³/mol. The second-order valence-corrected chi connectivity index (χ2v) is 3.52. The Balaban J connectivity index is 1.97. The standard InChI is InChI=1S/C8H12N2O4/c11-7(12)5-14-10-6-2-1-3-9(4-6)8(10)13/h6H,1-5H2,(H,11,12). The average Bonchev–Trinajstić information content (AvgIpc) is 2.36. The largest absolute Gasteiger partial charge is 0.479 e. The summed E-state index contributed by atoms with van der Waals surface area (Å²) >= 11 is 0. The summed E-state index contributed by atoms with van der Waals surface area (Å²) in [7, 11) is 0. The van der Waals surface area contributed by atoms with Crippen molar-refractivity contribution in [3.63, 3.8) is 0 Å². The fraction of sp³-hybridized carbons (Fsp3) is 0.750. The Kier molecular flexibility index (Phi) is 2.28. The van der Waals surface area contributed by atoms with Crippen LogP contribution in [0.4, 0.5) is 4.79 Å². The monoisotopic (exact) mass is 200 g/mol. The zero-order valence-electron chi connectivity index (χ0n) is 7.68. The van der Waals surface area contributed by atoms with E-state index in [1.165, 1.54) is 5.06 Å². The van der Waals surface area contributed by atoms with E-state index in [0.717, 1.165) is 19.4 Å². The first-order valence-electron chi connectivity index (χ1n) is 4.61. The van der Waals surface area contributed by atoms with Crippen LogP contribution in [0.15, 0.2) is 0 Å². The summed E-state index contributed by atoms with van der Waals surface area (Å²) in [5.74, 6) is -1.06. The summed E-state index contributed by atoms with van der Waals surface area (Å²) in [6.07, 6.45) is 1.85. The first kappa shape index (κ1) is 9.26. The molecule has 6 nitrogen and oxygen atoms in total. The first-order valence-corrected chi connectivity index (χ1v) is 4.61. The third-order valence-electron chi connectivity index (χ3n) is 2.51. The Morgan fingerprint density at radius 1 is 1.64 bits per heavy atom. The fourth-order valence-electron chi connectivity index (χ4n) is 1.90. The molecule has 14 heavy (non-hydrogen) atoms. The van der Waals surface area contributed by atoms with E-state index < -0.39 is 12.6 Å². The number of carbonyl (C=O) groups excluding carboxylic acids is 1. The lowest BCUT2D eigenvalue weighted by atomic mass is 10.1. The van der Waals surface area contributed by atoms with Crippen LogP contribution in [0.5, 0.6) is 0 Å². The van der Waals surface area contributed by atoms with E-state index >= 15 is 0 Å². The van der Waals surface area contributed by atoms with Crippen LogP contribution in [0.3, 0.4) is 0 Å². The quantitative estimate of drug-likeness (QED) is 0.690. The summed E-state index contributed by atoms with van der Waals surface area (Å²) in [5.41, 5.74) is 0. The molecule has 0 aliphatic carbocycles. The summed E-state index contributed by atoms with van der Waals surface area (Å²) in [5, 5.41) is 9.63. The highest BCUT2D eigenvalue weighted by atomic mass is 16.7. The summed E-state index contributed by atoms with van der Waals surface area (Å²) in [6.45, 7) is 0.969. The van der Waals surface area contributed by atoms with E-state index in [4.69, 9.17) is 9.94 Å². The maximum absolute atomic E-state index is 11.5. The number of nitrogens with zero attached hydrogens (tertiary/aromatic N) is 2. The fourth-order valence-corrected chi connectivity index (χ4v) is 1.90. The van der Waals surface area contributed by atoms with E-state index in [1.54, 1.807) is 4.90 Å². The summed E-state index contributed by atoms with van der Waals surface area (Å²) < 4.78 is 0. The number of fused-ring (bicyclic) bond motifs is 2. The molecule has 0 radical (unpaired) electrons. The summed E-state index contributed by atoms with van der Waals surface area (Å²) in [6, 6.07) is -0.163. The van der Waals surface area contributed by atoms with Crippen molar-refractivity contribution in [3.8, 4) is 0 Å². The summed E-state index contributed by atoms with van der Waals surface area (Å²) in [4.78, 5) is 28.4. The number of hydrogen-bond donors (Lipinski definition) is 1. The molecule has 2 heterocycles. The molecule has 78 valence electrons. The van der Waals surface area contributed by atoms with Crippen molar-refractivity contribution in [2.45, 2.75) is 18.9 Å². The third kappa shape index (κ3) is 1.52. The molecule has 2 aliphatic rings. The smallest absolute Gasteiger partial charge is 0.344 e. The topological polar surface area (TPSA) is 70.1 Å². The molecule has 0 aromatic carbocycles. The van der Waals surface area contributed by atoms with Gasteiger partial charge in [-0.2, -0.15) is 5.06 Å². The van der Waals surface area contributed by atoms with E-state index in [1.807, 2.05) is 0 Å². The van der Waals surface area contributed by atoms with Gasteiger partial charge >= 0.3 is 12.0 Å². The van der Waals surface area contributed by atoms with Crippen molar-refractivity contribution in [2.75, 3.05) is 19.7 Å². The lowest BCUT2D eigenvalue weighted by Crippen LogP contribution is -2.34. The second-order valence-electron chi connectivity index (χ2n) is 3.52. The van der Waals surface area contributed by atoms with Crippen LogP contribution >= 0.6 is 0 Å². The molecule has 6 heteroatoms. The van der Waals surface area contributed by atoms with Crippen molar-refractivity contribution in [2.24, 2.45) is 0 Å². The number of amides is 2. The minimum Gasteiger partial charge on any atom is -0.479 e. The van der Waals surface area contributed by atoms with Gasteiger partial charge in [0.15, 0.2) is 6.61 Å². The first-order chi connectivity index (χ1) is 6.68. The molecule has 2 amide bonds. The highest BCUT2D eigenvalue weighted by molar-refractivity contribution is 5.76. The third-order valence-corrected chi connectivity index (χ3v) is 2.51. The number of carboxylic acids is 1. The molecule has 0 saturated carbocycles. The lowest BCUT2D eigenvalue weighted by molar-refractivity contribution is -0.167. The van der Waals surface area contributed by atoms with Crippen LogP contribution in [-0.4, -0.2) is 52.8 Å². The van der Waals surface area contributed by atoms with Gasteiger partial charge in [0, 0.05) is 13.1 Å². The van der Waals surface area contributed by atoms with Gasteiger partial charge in [0.1, 0.15) is 0 Å². The normalized spacial score (nSPS) is 25.7. The zero-order chi connectivity index (χ0) is 10.1. The van der Waals surface area contributed by atoms with Crippen molar-refractivity contribution >= 4 is 12.0 Å². The number of hydrogen-bond acceptors (Lipinski definition) is 3. The van der Waals surface area contributed by atoms with Crippen molar-refractivity contribution in [3.05, 3.63) is 0 Å². The van der Waals surface area contributed by atoms with Gasteiger partial charge in [-0.15, -0.1) is 0 Å². The Hall–Kier alpha value is -1.30. The van der Waals surface area contributed by atoms with Crippen LogP contribution in [0.25, 0.3) is 0 Å². The van der Waals surface area contributed by atoms with Crippen LogP contribution in [-0.2, 0) is 9.63 Å². The SMILES string of the molecule is O=C(O)CON1C(=O)N2CCCC1C2. The van der Waals surface area contributed by atoms with Gasteiger partial charge < -0.3 is 10.0 Å². The molecule has 2 bridgehead atoms. The number of carbonyl (C=O) groups is 2. The van der Waals surface area contributed by atoms with Crippen LogP contribution < -0.4 is 0 Å². The number of hydroxylamine groups is 2. The highest BCUT2D eigenvalue weighted by Gasteiger charge is 2.41. The number of aliphatic carboxylic acids is 1. The van der Waals surface area contributed by atoms with Crippen molar-refractivity contribution in [1.29, 1.82) is 0 Å². The number of piperidine rings is 1. The molecule has 1 N–H and O–H groups in total. The Morgan fingerprint density at radius 3 is 3.07 bits per heavy atom. The van der Waals surface area contributed by atoms with Gasteiger partial charge in [-0.25, -0.2) is 9.59 Å². The number of carboxylic acid groups (broad SMARTS) is 1. The van der Waals surface area contributed by atoms with Gasteiger partial charge in [-0.3, -0.25) is 4.84 Å². The maximum Gasteiger partial charge on any atom is 0.344 e. The number of urea groups is 1. The molecule has 2 rings (SSSR count). The molecule has 2 aliphatic heterocycles. The minimum absolute atomic E-state index is 0.0376. The average molecular weight is 200 g/mol. The second kappa shape index (κ2) is 3.45. The molecule has 0 spiro atoms. The van der Waals surface area contributed by atoms with E-state index in [2.05, 4.69) is 0 Å². The van der Waals surface area contributed by atoms with Crippen LogP contribution in [0.2, 0.25) is 0 Å².